The standard InChI is InChI=1S/C6H5O2S2.Na/c7-10(9)8-6-4-2-1-3-5-6;/h1-5H;/q-1;. The summed E-state index contributed by atoms with van der Waals surface area (Å²) in [6.07, 6.45) is 0. The first-order valence-electron chi connectivity index (χ1n) is 2.61. The van der Waals surface area contributed by atoms with Crippen LogP contribution in [0.3, 0.4) is 0 Å². The minimum Gasteiger partial charge on any atom is -0.551 e. The van der Waals surface area contributed by atoms with E-state index in [1.807, 2.05) is 6.07 Å². The van der Waals surface area contributed by atoms with Crippen molar-refractivity contribution in [2.45, 2.75) is 0 Å². The molecule has 1 aromatic carbocycles. The third-order valence-electron chi connectivity index (χ3n) is 0.907. The summed E-state index contributed by atoms with van der Waals surface area (Å²) in [7, 11) is -1.63. The van der Waals surface area contributed by atoms with Gasteiger partial charge in [-0.2, -0.15) is 11.2 Å². The predicted molar refractivity (Wildman–Crippen MR) is 48.2 cm³/mol. The van der Waals surface area contributed by atoms with E-state index in [0.717, 1.165) is 0 Å². The molecule has 0 heterocycles. The second-order valence-corrected chi connectivity index (χ2v) is 2.99. The molecule has 1 radical (unpaired) electrons. The van der Waals surface area contributed by atoms with E-state index in [0.29, 0.717) is 5.75 Å². The second-order valence-electron chi connectivity index (χ2n) is 1.60. The van der Waals surface area contributed by atoms with Crippen LogP contribution in [0, 0.1) is 0 Å². The van der Waals surface area contributed by atoms with Crippen molar-refractivity contribution in [3.05, 3.63) is 30.3 Å². The van der Waals surface area contributed by atoms with Crippen LogP contribution in [-0.4, -0.2) is 29.6 Å². The van der Waals surface area contributed by atoms with Gasteiger partial charge in [-0.15, -0.1) is 0 Å². The van der Waals surface area contributed by atoms with Crippen LogP contribution in [0.25, 0.3) is 0 Å². The van der Waals surface area contributed by atoms with E-state index in [1.54, 1.807) is 24.3 Å². The molecule has 0 atom stereocenters. The molecule has 55 valence electrons. The van der Waals surface area contributed by atoms with Gasteiger partial charge in [0.2, 0.25) is 0 Å². The molecule has 0 bridgehead atoms. The summed E-state index contributed by atoms with van der Waals surface area (Å²) >= 11 is 4.31. The molecule has 0 saturated heterocycles. The second kappa shape index (κ2) is 5.97. The Morgan fingerprint density at radius 1 is 1.27 bits per heavy atom. The van der Waals surface area contributed by atoms with Crippen LogP contribution in [0.1, 0.15) is 0 Å². The van der Waals surface area contributed by atoms with E-state index in [9.17, 15) is 4.21 Å². The number of hydrogen-bond donors (Lipinski definition) is 0. The van der Waals surface area contributed by atoms with Crippen molar-refractivity contribution in [3.8, 4) is 5.75 Å². The van der Waals surface area contributed by atoms with E-state index in [2.05, 4.69) is 11.2 Å². The molecular weight excluding hydrogens is 191 g/mol. The quantitative estimate of drug-likeness (QED) is 0.522. The molecular formula is C6H5NaO2S2-. The first kappa shape index (κ1) is 11.4. The van der Waals surface area contributed by atoms with Crippen LogP contribution < -0.4 is 4.18 Å². The van der Waals surface area contributed by atoms with Crippen molar-refractivity contribution in [1.29, 1.82) is 0 Å². The molecule has 0 N–H and O–H groups in total. The fraction of sp³-hybridized carbons (Fsp3) is 0. The smallest absolute Gasteiger partial charge is 0.0999 e. The summed E-state index contributed by atoms with van der Waals surface area (Å²) < 4.78 is 15.0. The fourth-order valence-corrected chi connectivity index (χ4v) is 1.06. The molecule has 0 saturated carbocycles. The van der Waals surface area contributed by atoms with Crippen LogP contribution in [0.15, 0.2) is 30.3 Å². The molecule has 5 heteroatoms. The Morgan fingerprint density at radius 2 is 1.82 bits per heavy atom. The summed E-state index contributed by atoms with van der Waals surface area (Å²) in [5.41, 5.74) is 0. The van der Waals surface area contributed by atoms with Gasteiger partial charge in [0.25, 0.3) is 0 Å². The molecule has 2 nitrogen and oxygen atoms in total. The van der Waals surface area contributed by atoms with Gasteiger partial charge in [-0.3, -0.25) is 0 Å². The molecule has 0 aliphatic carbocycles. The topological polar surface area (TPSA) is 26.3 Å². The van der Waals surface area contributed by atoms with Crippen molar-refractivity contribution in [1.82, 2.24) is 0 Å². The van der Waals surface area contributed by atoms with Crippen molar-refractivity contribution in [2.75, 3.05) is 0 Å². The van der Waals surface area contributed by atoms with Crippen LogP contribution in [0.2, 0.25) is 0 Å². The molecule has 1 aromatic rings. The van der Waals surface area contributed by atoms with Gasteiger partial charge in [0, 0.05) is 29.6 Å². The largest absolute Gasteiger partial charge is 0.551 e. The molecule has 0 spiro atoms. The molecule has 0 unspecified atom stereocenters. The maximum Gasteiger partial charge on any atom is 0.0999 e. The number of benzene rings is 1. The first-order valence-corrected chi connectivity index (χ1v) is 4.61. The Kier molecular flexibility index (Phi) is 6.18. The average molecular weight is 196 g/mol. The molecule has 0 aromatic heterocycles. The number of rotatable bonds is 2. The fourth-order valence-electron chi connectivity index (χ4n) is 0.555. The Labute approximate surface area is 94.2 Å². The average Bonchev–Trinajstić information content (AvgIpc) is 1.88. The van der Waals surface area contributed by atoms with Crippen molar-refractivity contribution in [3.63, 3.8) is 0 Å². The minimum atomic E-state index is -1.63. The minimum absolute atomic E-state index is 0. The molecule has 0 fully saturated rings. The molecule has 0 aliphatic rings. The van der Waals surface area contributed by atoms with Gasteiger partial charge in [-0.1, -0.05) is 18.2 Å². The maximum absolute atomic E-state index is 10.3. The van der Waals surface area contributed by atoms with Crippen LogP contribution in [-0.2, 0) is 25.0 Å². The zero-order valence-corrected chi connectivity index (χ0v) is 9.65. The van der Waals surface area contributed by atoms with Gasteiger partial charge in [-0.25, -0.2) is 0 Å². The Bertz CT molecular complexity index is 263. The van der Waals surface area contributed by atoms with Gasteiger partial charge in [0.05, 0.1) is 5.75 Å². The number of hydrogen-bond acceptors (Lipinski definition) is 4. The van der Waals surface area contributed by atoms with Crippen LogP contribution in [0.4, 0.5) is 0 Å². The van der Waals surface area contributed by atoms with Gasteiger partial charge < -0.3 is 8.39 Å². The predicted octanol–water partition coefficient (Wildman–Crippen LogP) is 1.03. The summed E-state index contributed by atoms with van der Waals surface area (Å²) in [6.45, 7) is 0. The van der Waals surface area contributed by atoms with Gasteiger partial charge in [0.15, 0.2) is 0 Å². The third-order valence-corrected chi connectivity index (χ3v) is 1.44. The SMILES string of the molecule is O=[S-](=S)Oc1ccccc1.[Na]. The summed E-state index contributed by atoms with van der Waals surface area (Å²) in [4.78, 5) is 0. The Morgan fingerprint density at radius 3 is 2.27 bits per heavy atom. The van der Waals surface area contributed by atoms with Crippen LogP contribution >= 0.6 is 0 Å². The Balaban J connectivity index is 0.000001000. The van der Waals surface area contributed by atoms with Crippen molar-refractivity contribution >= 4 is 50.4 Å². The monoisotopic (exact) mass is 196 g/mol. The van der Waals surface area contributed by atoms with E-state index in [-0.39, 0.29) is 29.6 Å². The van der Waals surface area contributed by atoms with E-state index in [4.69, 9.17) is 4.18 Å². The third kappa shape index (κ3) is 4.76. The first-order chi connectivity index (χ1) is 4.79. The molecule has 11 heavy (non-hydrogen) atoms. The summed E-state index contributed by atoms with van der Waals surface area (Å²) in [6, 6.07) is 8.82. The van der Waals surface area contributed by atoms with E-state index < -0.39 is 9.64 Å². The van der Waals surface area contributed by atoms with Gasteiger partial charge in [-0.05, 0) is 21.8 Å². The van der Waals surface area contributed by atoms with Crippen molar-refractivity contribution in [2.24, 2.45) is 0 Å². The zero-order valence-electron chi connectivity index (χ0n) is 6.02. The molecule has 0 aliphatic heterocycles. The molecule has 1 rings (SSSR count). The van der Waals surface area contributed by atoms with E-state index in [1.165, 1.54) is 0 Å². The summed E-state index contributed by atoms with van der Waals surface area (Å²) in [5, 5.41) is 0. The molecule has 0 amide bonds. The Hall–Kier alpha value is 0.390. The normalized spacial score (nSPS) is 8.82. The number of para-hydroxylation sites is 1. The van der Waals surface area contributed by atoms with Gasteiger partial charge in [0.1, 0.15) is 0 Å². The van der Waals surface area contributed by atoms with Crippen molar-refractivity contribution < 1.29 is 8.39 Å². The van der Waals surface area contributed by atoms with Crippen LogP contribution in [0.5, 0.6) is 5.75 Å². The summed E-state index contributed by atoms with van der Waals surface area (Å²) in [5.74, 6) is 0.538. The zero-order chi connectivity index (χ0) is 7.40. The maximum atomic E-state index is 10.3. The van der Waals surface area contributed by atoms with E-state index >= 15 is 0 Å². The van der Waals surface area contributed by atoms with Gasteiger partial charge >= 0.3 is 0 Å².